The molecular formula is C15H11NO4S. The fourth-order valence-corrected chi connectivity index (χ4v) is 2.95. The molecule has 0 aliphatic rings. The van der Waals surface area contributed by atoms with Gasteiger partial charge in [0, 0.05) is 5.56 Å². The van der Waals surface area contributed by atoms with E-state index in [1.165, 1.54) is 6.07 Å². The van der Waals surface area contributed by atoms with E-state index in [4.69, 9.17) is 9.56 Å². The average Bonchev–Trinajstić information content (AvgIpc) is 2.46. The Morgan fingerprint density at radius 2 is 1.52 bits per heavy atom. The summed E-state index contributed by atoms with van der Waals surface area (Å²) in [5.41, 5.74) is 0.135. The second-order valence-electron chi connectivity index (χ2n) is 4.50. The van der Waals surface area contributed by atoms with E-state index in [0.29, 0.717) is 11.1 Å². The Hall–Kier alpha value is -2.44. The molecular weight excluding hydrogens is 290 g/mol. The van der Waals surface area contributed by atoms with Crippen LogP contribution < -0.4 is 10.6 Å². The molecule has 0 fully saturated rings. The van der Waals surface area contributed by atoms with Crippen molar-refractivity contribution in [2.45, 2.75) is 4.90 Å². The maximum absolute atomic E-state index is 12.5. The first kappa shape index (κ1) is 13.5. The van der Waals surface area contributed by atoms with Crippen molar-refractivity contribution in [3.8, 4) is 11.3 Å². The number of fused-ring (bicyclic) bond motifs is 1. The van der Waals surface area contributed by atoms with Gasteiger partial charge in [-0.25, -0.2) is 13.6 Å². The fourth-order valence-electron chi connectivity index (χ4n) is 2.16. The van der Waals surface area contributed by atoms with E-state index in [1.54, 1.807) is 48.5 Å². The average molecular weight is 301 g/mol. The monoisotopic (exact) mass is 301 g/mol. The molecule has 0 amide bonds. The van der Waals surface area contributed by atoms with Gasteiger partial charge in [0.25, 0.3) is 0 Å². The van der Waals surface area contributed by atoms with Crippen molar-refractivity contribution < 1.29 is 12.8 Å². The highest BCUT2D eigenvalue weighted by atomic mass is 32.2. The van der Waals surface area contributed by atoms with E-state index in [9.17, 15) is 13.2 Å². The van der Waals surface area contributed by atoms with Crippen LogP contribution in [0.3, 0.4) is 0 Å². The molecule has 0 spiro atoms. The molecule has 0 unspecified atom stereocenters. The lowest BCUT2D eigenvalue weighted by molar-refractivity contribution is 0.578. The highest BCUT2D eigenvalue weighted by Gasteiger charge is 2.24. The summed E-state index contributed by atoms with van der Waals surface area (Å²) in [4.78, 5) is 11.9. The molecule has 6 heteroatoms. The summed E-state index contributed by atoms with van der Waals surface area (Å²) in [6.07, 6.45) is 0. The molecule has 0 atom stereocenters. The predicted molar refractivity (Wildman–Crippen MR) is 79.3 cm³/mol. The maximum Gasteiger partial charge on any atom is 0.245 e. The third-order valence-electron chi connectivity index (χ3n) is 3.08. The first-order chi connectivity index (χ1) is 9.98. The van der Waals surface area contributed by atoms with Gasteiger partial charge in [0.2, 0.25) is 15.5 Å². The molecule has 0 aliphatic carbocycles. The number of nitrogens with two attached hydrogens (primary N) is 1. The zero-order valence-corrected chi connectivity index (χ0v) is 11.6. The first-order valence-corrected chi connectivity index (χ1v) is 7.67. The van der Waals surface area contributed by atoms with E-state index in [-0.39, 0.29) is 11.1 Å². The van der Waals surface area contributed by atoms with Gasteiger partial charge in [0.1, 0.15) is 5.58 Å². The van der Waals surface area contributed by atoms with Crippen molar-refractivity contribution in [3.05, 3.63) is 64.8 Å². The maximum atomic E-state index is 12.5. The normalized spacial score (nSPS) is 11.7. The van der Waals surface area contributed by atoms with Crippen LogP contribution in [0.4, 0.5) is 0 Å². The third kappa shape index (κ3) is 2.35. The molecule has 1 aromatic heterocycles. The minimum Gasteiger partial charge on any atom is -0.454 e. The van der Waals surface area contributed by atoms with Crippen molar-refractivity contribution in [2.24, 2.45) is 5.14 Å². The van der Waals surface area contributed by atoms with Crippen LogP contribution in [0.5, 0.6) is 0 Å². The standard InChI is InChI=1S/C15H11NO4S/c16-21(18,19)15-13(17)11-8-4-5-9-12(11)20-14(15)10-6-2-1-3-7-10/h1-9H,(H2,16,18,19). The number of hydrogen-bond acceptors (Lipinski definition) is 4. The Balaban J connectivity index is 2.52. The molecule has 0 radical (unpaired) electrons. The Kier molecular flexibility index (Phi) is 3.12. The molecule has 0 saturated carbocycles. The van der Waals surface area contributed by atoms with E-state index < -0.39 is 20.3 Å². The number of primary sulfonamides is 1. The van der Waals surface area contributed by atoms with Gasteiger partial charge in [-0.1, -0.05) is 42.5 Å². The molecule has 106 valence electrons. The molecule has 3 aromatic rings. The molecule has 0 bridgehead atoms. The summed E-state index contributed by atoms with van der Waals surface area (Å²) in [5, 5.41) is 5.38. The zero-order chi connectivity index (χ0) is 15.0. The molecule has 2 aromatic carbocycles. The number of benzene rings is 2. The molecule has 0 aliphatic heterocycles. The number of sulfonamides is 1. The highest BCUT2D eigenvalue weighted by Crippen LogP contribution is 2.27. The molecule has 5 nitrogen and oxygen atoms in total. The second kappa shape index (κ2) is 4.83. The number of rotatable bonds is 2. The van der Waals surface area contributed by atoms with E-state index in [2.05, 4.69) is 0 Å². The quantitative estimate of drug-likeness (QED) is 0.785. The lowest BCUT2D eigenvalue weighted by Gasteiger charge is -2.08. The topological polar surface area (TPSA) is 90.4 Å². The van der Waals surface area contributed by atoms with Crippen LogP contribution >= 0.6 is 0 Å². The summed E-state index contributed by atoms with van der Waals surface area (Å²) >= 11 is 0. The van der Waals surface area contributed by atoms with Crippen LogP contribution in [0.15, 0.2) is 68.7 Å². The van der Waals surface area contributed by atoms with Crippen molar-refractivity contribution >= 4 is 21.0 Å². The Morgan fingerprint density at radius 3 is 2.19 bits per heavy atom. The summed E-state index contributed by atoms with van der Waals surface area (Å²) in [5.74, 6) is -0.0400. The SMILES string of the molecule is NS(=O)(=O)c1c(-c2ccccc2)oc2ccccc2c1=O. The molecule has 1 heterocycles. The van der Waals surface area contributed by atoms with Gasteiger partial charge < -0.3 is 4.42 Å². The molecule has 0 saturated heterocycles. The van der Waals surface area contributed by atoms with Crippen LogP contribution in [0, 0.1) is 0 Å². The van der Waals surface area contributed by atoms with Gasteiger partial charge in [0.15, 0.2) is 10.7 Å². The Morgan fingerprint density at radius 1 is 0.905 bits per heavy atom. The predicted octanol–water partition coefficient (Wildman–Crippen LogP) is 2.11. The van der Waals surface area contributed by atoms with Crippen molar-refractivity contribution in [2.75, 3.05) is 0 Å². The largest absolute Gasteiger partial charge is 0.454 e. The summed E-state index contributed by atoms with van der Waals surface area (Å²) in [6, 6.07) is 15.0. The van der Waals surface area contributed by atoms with Gasteiger partial charge >= 0.3 is 0 Å². The summed E-state index contributed by atoms with van der Waals surface area (Å²) < 4.78 is 29.2. The van der Waals surface area contributed by atoms with Crippen LogP contribution in [0.25, 0.3) is 22.3 Å². The first-order valence-electron chi connectivity index (χ1n) is 6.12. The van der Waals surface area contributed by atoms with Crippen molar-refractivity contribution in [3.63, 3.8) is 0 Å². The van der Waals surface area contributed by atoms with E-state index in [1.807, 2.05) is 0 Å². The molecule has 2 N–H and O–H groups in total. The van der Waals surface area contributed by atoms with E-state index >= 15 is 0 Å². The van der Waals surface area contributed by atoms with Crippen molar-refractivity contribution in [1.82, 2.24) is 0 Å². The van der Waals surface area contributed by atoms with Gasteiger partial charge in [0.05, 0.1) is 5.39 Å². The molecule has 3 rings (SSSR count). The summed E-state index contributed by atoms with van der Waals surface area (Å²) in [6.45, 7) is 0. The van der Waals surface area contributed by atoms with Gasteiger partial charge in [-0.3, -0.25) is 4.79 Å². The lowest BCUT2D eigenvalue weighted by Crippen LogP contribution is -2.22. The molecule has 21 heavy (non-hydrogen) atoms. The minimum atomic E-state index is -4.21. The number of para-hydroxylation sites is 1. The van der Waals surface area contributed by atoms with Crippen LogP contribution in [-0.2, 0) is 10.0 Å². The van der Waals surface area contributed by atoms with Gasteiger partial charge in [-0.15, -0.1) is 0 Å². The zero-order valence-electron chi connectivity index (χ0n) is 10.8. The second-order valence-corrected chi connectivity index (χ2v) is 5.99. The van der Waals surface area contributed by atoms with Crippen LogP contribution in [-0.4, -0.2) is 8.42 Å². The minimum absolute atomic E-state index is 0.0400. The van der Waals surface area contributed by atoms with Crippen molar-refractivity contribution in [1.29, 1.82) is 0 Å². The Bertz CT molecular complexity index is 975. The van der Waals surface area contributed by atoms with E-state index in [0.717, 1.165) is 0 Å². The lowest BCUT2D eigenvalue weighted by atomic mass is 10.1. The highest BCUT2D eigenvalue weighted by molar-refractivity contribution is 7.89. The Labute approximate surface area is 120 Å². The third-order valence-corrected chi connectivity index (χ3v) is 4.02. The smallest absolute Gasteiger partial charge is 0.245 e. The summed E-state index contributed by atoms with van der Waals surface area (Å²) in [7, 11) is -4.21. The number of hydrogen-bond donors (Lipinski definition) is 1. The fraction of sp³-hybridized carbons (Fsp3) is 0. The van der Waals surface area contributed by atoms with Crippen LogP contribution in [0.1, 0.15) is 0 Å². The van der Waals surface area contributed by atoms with Gasteiger partial charge in [-0.2, -0.15) is 0 Å². The van der Waals surface area contributed by atoms with Crippen LogP contribution in [0.2, 0.25) is 0 Å². The van der Waals surface area contributed by atoms with Gasteiger partial charge in [-0.05, 0) is 12.1 Å².